The third-order valence-corrected chi connectivity index (χ3v) is 5.85. The lowest BCUT2D eigenvalue weighted by Crippen LogP contribution is -2.15. The van der Waals surface area contributed by atoms with Crippen molar-refractivity contribution in [1.82, 2.24) is 0 Å². The molecule has 21 heavy (non-hydrogen) atoms. The number of hydrogen-bond acceptors (Lipinski definition) is 3. The Morgan fingerprint density at radius 3 is 2.14 bits per heavy atom. The standard InChI is InChI=1S/C15H17BrN2O2S/c1-9-4-5-14(13(17)6-9)21(19,20)18-12-7-10(2)15(16)11(3)8-12/h4-8,18H,17H2,1-3H3. The molecular weight excluding hydrogens is 352 g/mol. The van der Waals surface area contributed by atoms with Crippen LogP contribution in [0.2, 0.25) is 0 Å². The van der Waals surface area contributed by atoms with Crippen LogP contribution in [0.25, 0.3) is 0 Å². The van der Waals surface area contributed by atoms with E-state index in [0.717, 1.165) is 21.2 Å². The second-order valence-corrected chi connectivity index (χ2v) is 7.51. The number of nitrogens with one attached hydrogen (secondary N) is 1. The van der Waals surface area contributed by atoms with E-state index in [-0.39, 0.29) is 10.6 Å². The van der Waals surface area contributed by atoms with E-state index in [1.165, 1.54) is 6.07 Å². The first kappa shape index (κ1) is 15.9. The van der Waals surface area contributed by atoms with Gasteiger partial charge < -0.3 is 5.73 Å². The molecule has 2 aromatic rings. The third-order valence-electron chi connectivity index (χ3n) is 3.14. The summed E-state index contributed by atoms with van der Waals surface area (Å²) in [5, 5.41) is 0. The topological polar surface area (TPSA) is 72.2 Å². The summed E-state index contributed by atoms with van der Waals surface area (Å²) in [5.74, 6) is 0. The number of rotatable bonds is 3. The fraction of sp³-hybridized carbons (Fsp3) is 0.200. The molecule has 2 rings (SSSR count). The molecule has 0 heterocycles. The largest absolute Gasteiger partial charge is 0.398 e. The van der Waals surface area contributed by atoms with E-state index in [0.29, 0.717) is 5.69 Å². The van der Waals surface area contributed by atoms with E-state index in [1.54, 1.807) is 24.3 Å². The summed E-state index contributed by atoms with van der Waals surface area (Å²) >= 11 is 3.46. The molecule has 6 heteroatoms. The summed E-state index contributed by atoms with van der Waals surface area (Å²) in [6, 6.07) is 8.44. The Morgan fingerprint density at radius 1 is 1.05 bits per heavy atom. The summed E-state index contributed by atoms with van der Waals surface area (Å²) in [5.41, 5.74) is 9.43. The van der Waals surface area contributed by atoms with Gasteiger partial charge in [0, 0.05) is 10.2 Å². The van der Waals surface area contributed by atoms with Gasteiger partial charge in [0.1, 0.15) is 4.90 Å². The van der Waals surface area contributed by atoms with Gasteiger partial charge >= 0.3 is 0 Å². The second kappa shape index (κ2) is 5.69. The van der Waals surface area contributed by atoms with Crippen molar-refractivity contribution in [1.29, 1.82) is 0 Å². The molecule has 0 atom stereocenters. The van der Waals surface area contributed by atoms with Crippen LogP contribution in [0.3, 0.4) is 0 Å². The van der Waals surface area contributed by atoms with Crippen molar-refractivity contribution in [2.45, 2.75) is 25.7 Å². The third kappa shape index (κ3) is 3.39. The van der Waals surface area contributed by atoms with Gasteiger partial charge in [-0.25, -0.2) is 8.42 Å². The molecule has 112 valence electrons. The molecule has 0 spiro atoms. The smallest absolute Gasteiger partial charge is 0.263 e. The highest BCUT2D eigenvalue weighted by Crippen LogP contribution is 2.27. The van der Waals surface area contributed by atoms with Crippen LogP contribution >= 0.6 is 15.9 Å². The molecule has 0 bridgehead atoms. The van der Waals surface area contributed by atoms with E-state index in [4.69, 9.17) is 5.73 Å². The first-order valence-corrected chi connectivity index (χ1v) is 8.64. The fourth-order valence-corrected chi connectivity index (χ4v) is 3.51. The van der Waals surface area contributed by atoms with Crippen molar-refractivity contribution in [3.63, 3.8) is 0 Å². The Balaban J connectivity index is 2.42. The molecule has 4 nitrogen and oxygen atoms in total. The molecular formula is C15H17BrN2O2S. The molecule has 0 fully saturated rings. The summed E-state index contributed by atoms with van der Waals surface area (Å²) in [6.07, 6.45) is 0. The van der Waals surface area contributed by atoms with E-state index >= 15 is 0 Å². The highest BCUT2D eigenvalue weighted by atomic mass is 79.9. The minimum absolute atomic E-state index is 0.0892. The molecule has 0 aliphatic carbocycles. The first-order valence-electron chi connectivity index (χ1n) is 6.36. The maximum absolute atomic E-state index is 12.4. The predicted octanol–water partition coefficient (Wildman–Crippen LogP) is 3.76. The fourth-order valence-electron chi connectivity index (χ4n) is 2.13. The molecule has 0 saturated heterocycles. The maximum Gasteiger partial charge on any atom is 0.263 e. The van der Waals surface area contributed by atoms with Gasteiger partial charge in [-0.1, -0.05) is 22.0 Å². The Kier molecular flexibility index (Phi) is 4.30. The monoisotopic (exact) mass is 368 g/mol. The first-order chi connectivity index (χ1) is 9.70. The number of benzene rings is 2. The van der Waals surface area contributed by atoms with Crippen LogP contribution in [-0.4, -0.2) is 8.42 Å². The normalized spacial score (nSPS) is 11.4. The van der Waals surface area contributed by atoms with Crippen molar-refractivity contribution in [3.05, 3.63) is 51.5 Å². The van der Waals surface area contributed by atoms with Crippen LogP contribution in [-0.2, 0) is 10.0 Å². The lowest BCUT2D eigenvalue weighted by Gasteiger charge is -2.13. The molecule has 0 aliphatic heterocycles. The van der Waals surface area contributed by atoms with Crippen LogP contribution in [0.5, 0.6) is 0 Å². The van der Waals surface area contributed by atoms with Crippen molar-refractivity contribution < 1.29 is 8.42 Å². The summed E-state index contributed by atoms with van der Waals surface area (Å²) in [7, 11) is -3.70. The average Bonchev–Trinajstić information content (AvgIpc) is 2.34. The Bertz CT molecular complexity index is 778. The van der Waals surface area contributed by atoms with Crippen LogP contribution < -0.4 is 10.5 Å². The van der Waals surface area contributed by atoms with Gasteiger partial charge in [0.15, 0.2) is 0 Å². The van der Waals surface area contributed by atoms with Gasteiger partial charge in [-0.2, -0.15) is 0 Å². The number of nitrogen functional groups attached to an aromatic ring is 1. The number of anilines is 2. The Morgan fingerprint density at radius 2 is 1.62 bits per heavy atom. The molecule has 0 unspecified atom stereocenters. The summed E-state index contributed by atoms with van der Waals surface area (Å²) < 4.78 is 28.4. The zero-order chi connectivity index (χ0) is 15.8. The predicted molar refractivity (Wildman–Crippen MR) is 90.0 cm³/mol. The molecule has 3 N–H and O–H groups in total. The van der Waals surface area contributed by atoms with Crippen LogP contribution in [0, 0.1) is 20.8 Å². The minimum atomic E-state index is -3.70. The number of sulfonamides is 1. The molecule has 0 amide bonds. The number of aryl methyl sites for hydroxylation is 3. The van der Waals surface area contributed by atoms with Crippen LogP contribution in [0.15, 0.2) is 39.7 Å². The van der Waals surface area contributed by atoms with Gasteiger partial charge in [-0.05, 0) is 61.7 Å². The zero-order valence-electron chi connectivity index (χ0n) is 12.1. The van der Waals surface area contributed by atoms with E-state index < -0.39 is 10.0 Å². The molecule has 0 aromatic heterocycles. The lowest BCUT2D eigenvalue weighted by molar-refractivity contribution is 0.601. The van der Waals surface area contributed by atoms with Gasteiger partial charge in [0.2, 0.25) is 0 Å². The average molecular weight is 369 g/mol. The van der Waals surface area contributed by atoms with Crippen molar-refractivity contribution in [2.75, 3.05) is 10.5 Å². The quantitative estimate of drug-likeness (QED) is 0.810. The van der Waals surface area contributed by atoms with Crippen molar-refractivity contribution in [2.24, 2.45) is 0 Å². The van der Waals surface area contributed by atoms with Gasteiger partial charge in [-0.15, -0.1) is 0 Å². The Hall–Kier alpha value is -1.53. The number of nitrogens with two attached hydrogens (primary N) is 1. The number of halogens is 1. The van der Waals surface area contributed by atoms with E-state index in [2.05, 4.69) is 20.7 Å². The van der Waals surface area contributed by atoms with E-state index in [9.17, 15) is 8.42 Å². The zero-order valence-corrected chi connectivity index (χ0v) is 14.5. The van der Waals surface area contributed by atoms with Crippen molar-refractivity contribution >= 4 is 37.3 Å². The van der Waals surface area contributed by atoms with Crippen LogP contribution in [0.1, 0.15) is 16.7 Å². The van der Waals surface area contributed by atoms with Gasteiger partial charge in [0.05, 0.1) is 5.69 Å². The second-order valence-electron chi connectivity index (χ2n) is 5.07. The van der Waals surface area contributed by atoms with Gasteiger partial charge in [0.25, 0.3) is 10.0 Å². The van der Waals surface area contributed by atoms with E-state index in [1.807, 2.05) is 20.8 Å². The Labute approximate surface area is 133 Å². The number of hydrogen-bond donors (Lipinski definition) is 2. The highest BCUT2D eigenvalue weighted by molar-refractivity contribution is 9.10. The van der Waals surface area contributed by atoms with Gasteiger partial charge in [-0.3, -0.25) is 4.72 Å². The maximum atomic E-state index is 12.4. The molecule has 0 aliphatic rings. The lowest BCUT2D eigenvalue weighted by atomic mass is 10.1. The molecule has 0 saturated carbocycles. The SMILES string of the molecule is Cc1ccc(S(=O)(=O)Nc2cc(C)c(Br)c(C)c2)c(N)c1. The summed E-state index contributed by atoms with van der Waals surface area (Å²) in [4.78, 5) is 0.0892. The molecule has 0 radical (unpaired) electrons. The summed E-state index contributed by atoms with van der Waals surface area (Å²) in [6.45, 7) is 5.69. The highest BCUT2D eigenvalue weighted by Gasteiger charge is 2.18. The van der Waals surface area contributed by atoms with Crippen molar-refractivity contribution in [3.8, 4) is 0 Å². The minimum Gasteiger partial charge on any atom is -0.398 e. The molecule has 2 aromatic carbocycles. The van der Waals surface area contributed by atoms with Crippen LogP contribution in [0.4, 0.5) is 11.4 Å².